The second-order valence-electron chi connectivity index (χ2n) is 4.79. The standard InChI is InChI=1S/C16H16N4O4/c1-3-24-16(22)13-12(8-17)14(18)20(19-13)9-10-4-6-11(7-5-10)15(21)23-2/h4-7H,3,9,18H2,1-2H3. The van der Waals surface area contributed by atoms with Crippen molar-refractivity contribution in [2.75, 3.05) is 19.5 Å². The number of rotatable bonds is 5. The molecule has 0 saturated heterocycles. The van der Waals surface area contributed by atoms with Gasteiger partial charge in [0.25, 0.3) is 0 Å². The Labute approximate surface area is 138 Å². The number of ether oxygens (including phenoxy) is 2. The van der Waals surface area contributed by atoms with Crippen LogP contribution in [0.4, 0.5) is 5.82 Å². The summed E-state index contributed by atoms with van der Waals surface area (Å²) in [5.74, 6) is -1.05. The second-order valence-corrected chi connectivity index (χ2v) is 4.79. The highest BCUT2D eigenvalue weighted by atomic mass is 16.5. The molecule has 0 aliphatic heterocycles. The van der Waals surface area contributed by atoms with Crippen LogP contribution in [-0.4, -0.2) is 35.4 Å². The Morgan fingerprint density at radius 1 is 1.29 bits per heavy atom. The smallest absolute Gasteiger partial charge is 0.360 e. The number of nitrogens with two attached hydrogens (primary N) is 1. The molecule has 1 heterocycles. The highest BCUT2D eigenvalue weighted by Gasteiger charge is 2.22. The number of esters is 2. The van der Waals surface area contributed by atoms with Crippen LogP contribution < -0.4 is 5.73 Å². The summed E-state index contributed by atoms with van der Waals surface area (Å²) in [7, 11) is 1.31. The van der Waals surface area contributed by atoms with E-state index in [1.807, 2.05) is 6.07 Å². The van der Waals surface area contributed by atoms with E-state index in [0.717, 1.165) is 5.56 Å². The summed E-state index contributed by atoms with van der Waals surface area (Å²) in [6.45, 7) is 2.07. The normalized spacial score (nSPS) is 10.0. The van der Waals surface area contributed by atoms with Crippen LogP contribution in [0.3, 0.4) is 0 Å². The van der Waals surface area contributed by atoms with Gasteiger partial charge in [-0.2, -0.15) is 10.4 Å². The van der Waals surface area contributed by atoms with Gasteiger partial charge in [0, 0.05) is 0 Å². The zero-order chi connectivity index (χ0) is 17.7. The van der Waals surface area contributed by atoms with E-state index >= 15 is 0 Å². The van der Waals surface area contributed by atoms with E-state index in [9.17, 15) is 14.9 Å². The SMILES string of the molecule is CCOC(=O)c1nn(Cc2ccc(C(=O)OC)cc2)c(N)c1C#N. The maximum Gasteiger partial charge on any atom is 0.360 e. The van der Waals surface area contributed by atoms with Crippen LogP contribution in [-0.2, 0) is 16.0 Å². The monoisotopic (exact) mass is 328 g/mol. The first-order valence-electron chi connectivity index (χ1n) is 7.12. The highest BCUT2D eigenvalue weighted by Crippen LogP contribution is 2.18. The van der Waals surface area contributed by atoms with Crippen molar-refractivity contribution in [1.82, 2.24) is 9.78 Å². The number of nitrogens with zero attached hydrogens (tertiary/aromatic N) is 3. The van der Waals surface area contributed by atoms with E-state index in [0.29, 0.717) is 5.56 Å². The fourth-order valence-electron chi connectivity index (χ4n) is 2.09. The predicted octanol–water partition coefficient (Wildman–Crippen LogP) is 1.35. The first-order valence-corrected chi connectivity index (χ1v) is 7.12. The lowest BCUT2D eigenvalue weighted by Crippen LogP contribution is -2.09. The Balaban J connectivity index is 2.28. The first kappa shape index (κ1) is 17.0. The number of carbonyl (C=O) groups excluding carboxylic acids is 2. The fourth-order valence-corrected chi connectivity index (χ4v) is 2.09. The molecule has 124 valence electrons. The minimum absolute atomic E-state index is 0.0142. The molecule has 0 atom stereocenters. The van der Waals surface area contributed by atoms with E-state index in [2.05, 4.69) is 9.84 Å². The van der Waals surface area contributed by atoms with E-state index in [4.69, 9.17) is 10.5 Å². The van der Waals surface area contributed by atoms with E-state index in [1.54, 1.807) is 31.2 Å². The van der Waals surface area contributed by atoms with Gasteiger partial charge in [0.2, 0.25) is 0 Å². The minimum atomic E-state index is -0.694. The van der Waals surface area contributed by atoms with Gasteiger partial charge >= 0.3 is 11.9 Å². The third kappa shape index (κ3) is 3.35. The maximum atomic E-state index is 11.8. The Bertz CT molecular complexity index is 803. The zero-order valence-corrected chi connectivity index (χ0v) is 13.3. The lowest BCUT2D eigenvalue weighted by molar-refractivity contribution is 0.0517. The predicted molar refractivity (Wildman–Crippen MR) is 84.2 cm³/mol. The van der Waals surface area contributed by atoms with Crippen LogP contribution in [0.1, 0.15) is 38.9 Å². The van der Waals surface area contributed by atoms with Crippen molar-refractivity contribution < 1.29 is 19.1 Å². The largest absolute Gasteiger partial charge is 0.465 e. The molecule has 1 aromatic carbocycles. The van der Waals surface area contributed by atoms with Gasteiger partial charge in [-0.15, -0.1) is 0 Å². The minimum Gasteiger partial charge on any atom is -0.465 e. The van der Waals surface area contributed by atoms with E-state index in [1.165, 1.54) is 11.8 Å². The molecular formula is C16H16N4O4. The van der Waals surface area contributed by atoms with Crippen LogP contribution in [0.15, 0.2) is 24.3 Å². The van der Waals surface area contributed by atoms with Crippen molar-refractivity contribution in [2.24, 2.45) is 0 Å². The van der Waals surface area contributed by atoms with Crippen LogP contribution in [0, 0.1) is 11.3 Å². The number of hydrogen-bond donors (Lipinski definition) is 1. The van der Waals surface area contributed by atoms with Crippen molar-refractivity contribution in [1.29, 1.82) is 5.26 Å². The third-order valence-corrected chi connectivity index (χ3v) is 3.28. The van der Waals surface area contributed by atoms with Crippen molar-refractivity contribution in [3.05, 3.63) is 46.6 Å². The molecule has 0 radical (unpaired) electrons. The molecule has 8 heteroatoms. The molecule has 2 aromatic rings. The molecular weight excluding hydrogens is 312 g/mol. The number of nitrogen functional groups attached to an aromatic ring is 1. The number of benzene rings is 1. The van der Waals surface area contributed by atoms with E-state index in [-0.39, 0.29) is 30.2 Å². The Morgan fingerprint density at radius 2 is 1.96 bits per heavy atom. The van der Waals surface area contributed by atoms with Crippen LogP contribution in [0.2, 0.25) is 0 Å². The summed E-state index contributed by atoms with van der Waals surface area (Å²) in [5, 5.41) is 13.2. The molecule has 0 unspecified atom stereocenters. The van der Waals surface area contributed by atoms with Crippen molar-refractivity contribution in [2.45, 2.75) is 13.5 Å². The average Bonchev–Trinajstić information content (AvgIpc) is 2.91. The van der Waals surface area contributed by atoms with Gasteiger partial charge in [0.15, 0.2) is 5.69 Å². The number of aromatic nitrogens is 2. The molecule has 8 nitrogen and oxygen atoms in total. The molecule has 0 spiro atoms. The Morgan fingerprint density at radius 3 is 2.50 bits per heavy atom. The number of anilines is 1. The molecule has 0 aliphatic carbocycles. The second kappa shape index (κ2) is 7.28. The van der Waals surface area contributed by atoms with Crippen molar-refractivity contribution >= 4 is 17.8 Å². The van der Waals surface area contributed by atoms with E-state index < -0.39 is 11.9 Å². The summed E-state index contributed by atoms with van der Waals surface area (Å²) in [6, 6.07) is 8.51. The summed E-state index contributed by atoms with van der Waals surface area (Å²) >= 11 is 0. The van der Waals surface area contributed by atoms with Crippen LogP contribution >= 0.6 is 0 Å². The zero-order valence-electron chi connectivity index (χ0n) is 13.3. The third-order valence-electron chi connectivity index (χ3n) is 3.28. The van der Waals surface area contributed by atoms with Gasteiger partial charge in [0.05, 0.1) is 25.8 Å². The van der Waals surface area contributed by atoms with Gasteiger partial charge in [-0.1, -0.05) is 12.1 Å². The van der Waals surface area contributed by atoms with Crippen molar-refractivity contribution in [3.63, 3.8) is 0 Å². The van der Waals surface area contributed by atoms with Gasteiger partial charge in [-0.05, 0) is 24.6 Å². The quantitative estimate of drug-likeness (QED) is 0.822. The fraction of sp³-hybridized carbons (Fsp3) is 0.250. The number of methoxy groups -OCH3 is 1. The molecule has 2 rings (SSSR count). The summed E-state index contributed by atoms with van der Waals surface area (Å²) in [4.78, 5) is 23.3. The Kier molecular flexibility index (Phi) is 5.16. The lowest BCUT2D eigenvalue weighted by atomic mass is 10.1. The summed E-state index contributed by atoms with van der Waals surface area (Å²) < 4.78 is 10.8. The molecule has 2 N–H and O–H groups in total. The topological polar surface area (TPSA) is 120 Å². The molecule has 0 amide bonds. The first-order chi connectivity index (χ1) is 11.5. The molecule has 1 aromatic heterocycles. The van der Waals surface area contributed by atoms with Gasteiger partial charge in [0.1, 0.15) is 17.5 Å². The van der Waals surface area contributed by atoms with Gasteiger partial charge in [-0.3, -0.25) is 0 Å². The van der Waals surface area contributed by atoms with Crippen LogP contribution in [0.5, 0.6) is 0 Å². The summed E-state index contributed by atoms with van der Waals surface area (Å²) in [5.41, 5.74) is 6.97. The molecule has 0 fully saturated rings. The summed E-state index contributed by atoms with van der Waals surface area (Å²) in [6.07, 6.45) is 0. The number of carbonyl (C=O) groups is 2. The molecule has 0 bridgehead atoms. The molecule has 0 saturated carbocycles. The average molecular weight is 328 g/mol. The van der Waals surface area contributed by atoms with Gasteiger partial charge < -0.3 is 15.2 Å². The number of hydrogen-bond acceptors (Lipinski definition) is 7. The van der Waals surface area contributed by atoms with Crippen LogP contribution in [0.25, 0.3) is 0 Å². The molecule has 24 heavy (non-hydrogen) atoms. The lowest BCUT2D eigenvalue weighted by Gasteiger charge is -2.05. The molecule has 0 aliphatic rings. The maximum absolute atomic E-state index is 11.8. The van der Waals surface area contributed by atoms with Crippen molar-refractivity contribution in [3.8, 4) is 6.07 Å². The Hall–Kier alpha value is -3.34. The highest BCUT2D eigenvalue weighted by molar-refractivity contribution is 5.92. The number of nitriles is 1. The van der Waals surface area contributed by atoms with Gasteiger partial charge in [-0.25, -0.2) is 14.3 Å².